The molecule has 1 atom stereocenters. The van der Waals surface area contributed by atoms with Crippen LogP contribution in [0.5, 0.6) is 0 Å². The van der Waals surface area contributed by atoms with Crippen LogP contribution in [0.1, 0.15) is 29.9 Å². The van der Waals surface area contributed by atoms with Crippen LogP contribution in [0.15, 0.2) is 24.3 Å². The molecule has 112 valence electrons. The highest BCUT2D eigenvalue weighted by molar-refractivity contribution is 5.76. The van der Waals surface area contributed by atoms with Crippen molar-refractivity contribution in [3.63, 3.8) is 0 Å². The topological polar surface area (TPSA) is 72.9 Å². The summed E-state index contributed by atoms with van der Waals surface area (Å²) < 4.78 is 14.5. The van der Waals surface area contributed by atoms with Crippen molar-refractivity contribution >= 4 is 11.6 Å². The van der Waals surface area contributed by atoms with Gasteiger partial charge in [0.25, 0.3) is 0 Å². The summed E-state index contributed by atoms with van der Waals surface area (Å²) in [7, 11) is 0. The van der Waals surface area contributed by atoms with Gasteiger partial charge in [-0.15, -0.1) is 0 Å². The number of nitrogens with two attached hydrogens (primary N) is 1. The summed E-state index contributed by atoms with van der Waals surface area (Å²) in [5.41, 5.74) is 8.78. The van der Waals surface area contributed by atoms with Crippen LogP contribution < -0.4 is 11.1 Å². The van der Waals surface area contributed by atoms with Crippen molar-refractivity contribution in [2.45, 2.75) is 33.4 Å². The number of nitrogens with one attached hydrogen (secondary N) is 1. The average Bonchev–Trinajstić information content (AvgIpc) is 2.67. The van der Waals surface area contributed by atoms with Gasteiger partial charge in [0.1, 0.15) is 12.4 Å². The van der Waals surface area contributed by atoms with Crippen LogP contribution in [-0.4, -0.2) is 15.7 Å². The van der Waals surface area contributed by atoms with E-state index in [-0.39, 0.29) is 24.3 Å². The maximum Gasteiger partial charge on any atom is 0.242 e. The molecule has 6 heteroatoms. The van der Waals surface area contributed by atoms with Crippen molar-refractivity contribution in [2.24, 2.45) is 0 Å². The summed E-state index contributed by atoms with van der Waals surface area (Å²) in [6.45, 7) is 5.58. The molecule has 2 aromatic rings. The van der Waals surface area contributed by atoms with Crippen LogP contribution >= 0.6 is 0 Å². The molecule has 1 aromatic carbocycles. The third-order valence-electron chi connectivity index (χ3n) is 3.48. The van der Waals surface area contributed by atoms with E-state index < -0.39 is 0 Å². The molecule has 0 radical (unpaired) electrons. The zero-order valence-electron chi connectivity index (χ0n) is 12.4. The maximum absolute atomic E-state index is 12.9. The van der Waals surface area contributed by atoms with E-state index in [9.17, 15) is 9.18 Å². The quantitative estimate of drug-likeness (QED) is 0.905. The lowest BCUT2D eigenvalue weighted by atomic mass is 10.1. The average molecular weight is 290 g/mol. The molecule has 0 aliphatic carbocycles. The monoisotopic (exact) mass is 290 g/mol. The summed E-state index contributed by atoms with van der Waals surface area (Å²) in [6, 6.07) is 5.86. The summed E-state index contributed by atoms with van der Waals surface area (Å²) >= 11 is 0. The number of hydrogen-bond donors (Lipinski definition) is 2. The highest BCUT2D eigenvalue weighted by Crippen LogP contribution is 2.15. The Bertz CT molecular complexity index is 648. The molecule has 1 heterocycles. The molecule has 0 spiro atoms. The molecule has 0 bridgehead atoms. The lowest BCUT2D eigenvalue weighted by Gasteiger charge is -2.14. The van der Waals surface area contributed by atoms with E-state index in [1.54, 1.807) is 23.7 Å². The number of amides is 1. The van der Waals surface area contributed by atoms with Crippen molar-refractivity contribution in [2.75, 3.05) is 5.73 Å². The Morgan fingerprint density at radius 2 is 2.00 bits per heavy atom. The van der Waals surface area contributed by atoms with Crippen molar-refractivity contribution in [3.05, 3.63) is 47.0 Å². The van der Waals surface area contributed by atoms with Gasteiger partial charge in [-0.05, 0) is 38.5 Å². The van der Waals surface area contributed by atoms with Gasteiger partial charge in [-0.25, -0.2) is 4.39 Å². The number of aromatic nitrogens is 2. The van der Waals surface area contributed by atoms with E-state index in [1.807, 2.05) is 13.8 Å². The SMILES string of the molecule is Cc1nn(CC(=O)NC(C)c2ccc(F)cc2)c(C)c1N. The molecule has 3 N–H and O–H groups in total. The molecular weight excluding hydrogens is 271 g/mol. The number of halogens is 1. The first-order valence-electron chi connectivity index (χ1n) is 6.72. The smallest absolute Gasteiger partial charge is 0.242 e. The zero-order valence-corrected chi connectivity index (χ0v) is 12.4. The predicted molar refractivity (Wildman–Crippen MR) is 79.1 cm³/mol. The number of hydrogen-bond acceptors (Lipinski definition) is 3. The molecule has 0 aliphatic heterocycles. The van der Waals surface area contributed by atoms with Crippen molar-refractivity contribution in [1.29, 1.82) is 0 Å². The molecule has 5 nitrogen and oxygen atoms in total. The Morgan fingerprint density at radius 3 is 2.52 bits per heavy atom. The third kappa shape index (κ3) is 3.39. The second-order valence-corrected chi connectivity index (χ2v) is 5.08. The summed E-state index contributed by atoms with van der Waals surface area (Å²) in [6.07, 6.45) is 0. The molecule has 1 unspecified atom stereocenters. The van der Waals surface area contributed by atoms with Gasteiger partial charge in [0.05, 0.1) is 23.1 Å². The van der Waals surface area contributed by atoms with Gasteiger partial charge in [-0.1, -0.05) is 12.1 Å². The fourth-order valence-corrected chi connectivity index (χ4v) is 2.12. The van der Waals surface area contributed by atoms with Crippen LogP contribution in [0.4, 0.5) is 10.1 Å². The number of nitrogens with zero attached hydrogens (tertiary/aromatic N) is 2. The Morgan fingerprint density at radius 1 is 1.38 bits per heavy atom. The summed E-state index contributed by atoms with van der Waals surface area (Å²) in [5.74, 6) is -0.465. The Kier molecular flexibility index (Phi) is 4.26. The second kappa shape index (κ2) is 5.95. The standard InChI is InChI=1S/C15H19FN4O/c1-9(12-4-6-13(16)7-5-12)18-14(21)8-20-11(3)15(17)10(2)19-20/h4-7,9H,8,17H2,1-3H3,(H,18,21). The maximum atomic E-state index is 12.9. The Hall–Kier alpha value is -2.37. The normalized spacial score (nSPS) is 12.2. The summed E-state index contributed by atoms with van der Waals surface area (Å²) in [5, 5.41) is 7.08. The molecular formula is C15H19FN4O. The molecule has 2 rings (SSSR count). The van der Waals surface area contributed by atoms with Gasteiger partial charge in [-0.2, -0.15) is 5.10 Å². The summed E-state index contributed by atoms with van der Waals surface area (Å²) in [4.78, 5) is 12.0. The predicted octanol–water partition coefficient (Wildman–Crippen LogP) is 2.10. The molecule has 0 aliphatic rings. The van der Waals surface area contributed by atoms with Crippen molar-refractivity contribution in [3.8, 4) is 0 Å². The number of aryl methyl sites for hydroxylation is 1. The van der Waals surface area contributed by atoms with Gasteiger partial charge >= 0.3 is 0 Å². The van der Waals surface area contributed by atoms with E-state index in [0.29, 0.717) is 11.4 Å². The molecule has 0 saturated carbocycles. The van der Waals surface area contributed by atoms with Crippen LogP contribution in [0.2, 0.25) is 0 Å². The Balaban J connectivity index is 2.01. The van der Waals surface area contributed by atoms with E-state index >= 15 is 0 Å². The van der Waals surface area contributed by atoms with E-state index in [2.05, 4.69) is 10.4 Å². The largest absolute Gasteiger partial charge is 0.396 e. The van der Waals surface area contributed by atoms with Crippen LogP contribution in [-0.2, 0) is 11.3 Å². The minimum atomic E-state index is -0.296. The van der Waals surface area contributed by atoms with Gasteiger partial charge in [0.15, 0.2) is 0 Å². The number of benzene rings is 1. The first-order chi connectivity index (χ1) is 9.88. The van der Waals surface area contributed by atoms with Gasteiger partial charge in [-0.3, -0.25) is 9.48 Å². The number of carbonyl (C=O) groups excluding carboxylic acids is 1. The van der Waals surface area contributed by atoms with Gasteiger partial charge < -0.3 is 11.1 Å². The Labute approximate surface area is 123 Å². The lowest BCUT2D eigenvalue weighted by molar-refractivity contribution is -0.122. The number of anilines is 1. The van der Waals surface area contributed by atoms with Crippen LogP contribution in [0.3, 0.4) is 0 Å². The van der Waals surface area contributed by atoms with Gasteiger partial charge in [0, 0.05) is 0 Å². The van der Waals surface area contributed by atoms with Crippen LogP contribution in [0.25, 0.3) is 0 Å². The fraction of sp³-hybridized carbons (Fsp3) is 0.333. The van der Waals surface area contributed by atoms with E-state index in [1.165, 1.54) is 12.1 Å². The molecule has 21 heavy (non-hydrogen) atoms. The van der Waals surface area contributed by atoms with Crippen molar-refractivity contribution < 1.29 is 9.18 Å². The van der Waals surface area contributed by atoms with E-state index in [4.69, 9.17) is 5.73 Å². The fourth-order valence-electron chi connectivity index (χ4n) is 2.12. The molecule has 0 saturated heterocycles. The number of nitrogen functional groups attached to an aromatic ring is 1. The molecule has 1 amide bonds. The van der Waals surface area contributed by atoms with Crippen LogP contribution in [0, 0.1) is 19.7 Å². The van der Waals surface area contributed by atoms with Gasteiger partial charge in [0.2, 0.25) is 5.91 Å². The first kappa shape index (κ1) is 15.0. The number of rotatable bonds is 4. The minimum Gasteiger partial charge on any atom is -0.396 e. The molecule has 0 fully saturated rings. The highest BCUT2D eigenvalue weighted by atomic mass is 19.1. The third-order valence-corrected chi connectivity index (χ3v) is 3.48. The second-order valence-electron chi connectivity index (χ2n) is 5.08. The molecule has 1 aromatic heterocycles. The minimum absolute atomic E-state index is 0.107. The highest BCUT2D eigenvalue weighted by Gasteiger charge is 2.14. The zero-order chi connectivity index (χ0) is 15.6. The number of carbonyl (C=O) groups is 1. The van der Waals surface area contributed by atoms with Crippen molar-refractivity contribution in [1.82, 2.24) is 15.1 Å². The van der Waals surface area contributed by atoms with E-state index in [0.717, 1.165) is 11.3 Å². The first-order valence-corrected chi connectivity index (χ1v) is 6.72. The lowest BCUT2D eigenvalue weighted by Crippen LogP contribution is -2.30.